The first kappa shape index (κ1) is 9.72. The zero-order valence-electron chi connectivity index (χ0n) is 8.64. The molecule has 1 aromatic carbocycles. The SMILES string of the molecule is C=C1C=CC=CC1C=Cc1ccccc1. The van der Waals surface area contributed by atoms with Gasteiger partial charge in [0.1, 0.15) is 0 Å². The summed E-state index contributed by atoms with van der Waals surface area (Å²) in [5.74, 6) is 0.343. The molecule has 0 radical (unpaired) electrons. The molecule has 1 aliphatic rings. The Balaban J connectivity index is 2.09. The van der Waals surface area contributed by atoms with Gasteiger partial charge in [-0.25, -0.2) is 0 Å². The predicted octanol–water partition coefficient (Wildman–Crippen LogP) is 4.00. The standard InChI is InChI=1S/C15H14/c1-13-7-5-6-10-15(13)12-11-14-8-3-2-4-9-14/h2-12,15H,1H2. The summed E-state index contributed by atoms with van der Waals surface area (Å²) in [6, 6.07) is 10.3. The Morgan fingerprint density at radius 3 is 2.60 bits per heavy atom. The summed E-state index contributed by atoms with van der Waals surface area (Å²) in [6.45, 7) is 4.02. The normalized spacial score (nSPS) is 20.0. The van der Waals surface area contributed by atoms with Gasteiger partial charge >= 0.3 is 0 Å². The van der Waals surface area contributed by atoms with Gasteiger partial charge in [-0.3, -0.25) is 0 Å². The number of hydrogen-bond donors (Lipinski definition) is 0. The van der Waals surface area contributed by atoms with Crippen LogP contribution in [0, 0.1) is 5.92 Å². The third-order valence-electron chi connectivity index (χ3n) is 2.46. The van der Waals surface area contributed by atoms with Crippen molar-refractivity contribution in [2.45, 2.75) is 0 Å². The highest BCUT2D eigenvalue weighted by atomic mass is 14.1. The third kappa shape index (κ3) is 2.57. The van der Waals surface area contributed by atoms with Gasteiger partial charge in [-0.2, -0.15) is 0 Å². The Morgan fingerprint density at radius 2 is 1.87 bits per heavy atom. The lowest BCUT2D eigenvalue weighted by atomic mass is 9.95. The van der Waals surface area contributed by atoms with Gasteiger partial charge in [0.15, 0.2) is 0 Å². The Labute approximate surface area is 91.0 Å². The van der Waals surface area contributed by atoms with Crippen LogP contribution in [0.1, 0.15) is 5.56 Å². The first-order chi connectivity index (χ1) is 7.36. The lowest BCUT2D eigenvalue weighted by Crippen LogP contribution is -1.95. The van der Waals surface area contributed by atoms with Gasteiger partial charge in [0.25, 0.3) is 0 Å². The van der Waals surface area contributed by atoms with Crippen molar-refractivity contribution in [2.24, 2.45) is 5.92 Å². The second-order valence-corrected chi connectivity index (χ2v) is 3.61. The number of benzene rings is 1. The zero-order valence-corrected chi connectivity index (χ0v) is 8.64. The minimum absolute atomic E-state index is 0.343. The molecular weight excluding hydrogens is 180 g/mol. The van der Waals surface area contributed by atoms with Crippen LogP contribution in [0.25, 0.3) is 6.08 Å². The first-order valence-electron chi connectivity index (χ1n) is 5.13. The summed E-state index contributed by atoms with van der Waals surface area (Å²) in [4.78, 5) is 0. The molecule has 0 heteroatoms. The largest absolute Gasteiger partial charge is 0.0949 e. The fourth-order valence-electron chi connectivity index (χ4n) is 1.56. The van der Waals surface area contributed by atoms with Crippen LogP contribution in [-0.2, 0) is 0 Å². The van der Waals surface area contributed by atoms with Crippen molar-refractivity contribution >= 4 is 6.08 Å². The van der Waals surface area contributed by atoms with E-state index in [-0.39, 0.29) is 0 Å². The molecule has 2 rings (SSSR count). The average molecular weight is 194 g/mol. The molecule has 0 bridgehead atoms. The van der Waals surface area contributed by atoms with Crippen LogP contribution < -0.4 is 0 Å². The maximum Gasteiger partial charge on any atom is 0.0199 e. The van der Waals surface area contributed by atoms with E-state index in [9.17, 15) is 0 Å². The molecule has 1 aliphatic carbocycles. The quantitative estimate of drug-likeness (QED) is 0.667. The summed E-state index contributed by atoms with van der Waals surface area (Å²) in [5, 5.41) is 0. The highest BCUT2D eigenvalue weighted by Gasteiger charge is 2.04. The van der Waals surface area contributed by atoms with E-state index < -0.39 is 0 Å². The van der Waals surface area contributed by atoms with E-state index in [1.54, 1.807) is 0 Å². The van der Waals surface area contributed by atoms with E-state index >= 15 is 0 Å². The number of allylic oxidation sites excluding steroid dienone is 6. The maximum absolute atomic E-state index is 4.02. The Kier molecular flexibility index (Phi) is 2.99. The Bertz CT molecular complexity index is 419. The average Bonchev–Trinajstić information content (AvgIpc) is 2.29. The lowest BCUT2D eigenvalue weighted by molar-refractivity contribution is 1.01. The highest BCUT2D eigenvalue weighted by Crippen LogP contribution is 2.19. The van der Waals surface area contributed by atoms with Gasteiger partial charge in [0.05, 0.1) is 0 Å². The molecule has 0 saturated carbocycles. The molecule has 74 valence electrons. The summed E-state index contributed by atoms with van der Waals surface area (Å²) in [6.07, 6.45) is 12.6. The first-order valence-corrected chi connectivity index (χ1v) is 5.13. The summed E-state index contributed by atoms with van der Waals surface area (Å²) in [5.41, 5.74) is 2.37. The fourth-order valence-corrected chi connectivity index (χ4v) is 1.56. The molecular formula is C15H14. The smallest absolute Gasteiger partial charge is 0.0199 e. The molecule has 0 nitrogen and oxygen atoms in total. The summed E-state index contributed by atoms with van der Waals surface area (Å²) < 4.78 is 0. The van der Waals surface area contributed by atoms with Gasteiger partial charge in [-0.1, -0.05) is 73.4 Å². The highest BCUT2D eigenvalue weighted by molar-refractivity contribution is 5.51. The zero-order chi connectivity index (χ0) is 10.5. The molecule has 0 heterocycles. The van der Waals surface area contributed by atoms with Crippen LogP contribution in [0.2, 0.25) is 0 Å². The molecule has 1 aromatic rings. The van der Waals surface area contributed by atoms with Gasteiger partial charge in [-0.15, -0.1) is 0 Å². The van der Waals surface area contributed by atoms with Crippen LogP contribution in [0.4, 0.5) is 0 Å². The van der Waals surface area contributed by atoms with Crippen LogP contribution in [0.15, 0.2) is 72.9 Å². The molecule has 0 spiro atoms. The molecule has 0 amide bonds. The van der Waals surface area contributed by atoms with Crippen molar-refractivity contribution in [3.8, 4) is 0 Å². The topological polar surface area (TPSA) is 0 Å². The second kappa shape index (κ2) is 4.61. The molecule has 0 fully saturated rings. The van der Waals surface area contributed by atoms with Crippen LogP contribution in [0.3, 0.4) is 0 Å². The monoisotopic (exact) mass is 194 g/mol. The van der Waals surface area contributed by atoms with Crippen molar-refractivity contribution in [1.29, 1.82) is 0 Å². The van der Waals surface area contributed by atoms with E-state index in [1.807, 2.05) is 24.3 Å². The van der Waals surface area contributed by atoms with Gasteiger partial charge in [-0.05, 0) is 11.1 Å². The van der Waals surface area contributed by atoms with Gasteiger partial charge < -0.3 is 0 Å². The van der Waals surface area contributed by atoms with Gasteiger partial charge in [0, 0.05) is 5.92 Å². The lowest BCUT2D eigenvalue weighted by Gasteiger charge is -2.10. The molecule has 15 heavy (non-hydrogen) atoms. The predicted molar refractivity (Wildman–Crippen MR) is 66.4 cm³/mol. The molecule has 0 aliphatic heterocycles. The molecule has 0 aromatic heterocycles. The van der Waals surface area contributed by atoms with E-state index in [0.29, 0.717) is 5.92 Å². The molecule has 1 unspecified atom stereocenters. The van der Waals surface area contributed by atoms with Crippen LogP contribution in [0.5, 0.6) is 0 Å². The minimum atomic E-state index is 0.343. The van der Waals surface area contributed by atoms with E-state index in [0.717, 1.165) is 5.57 Å². The van der Waals surface area contributed by atoms with Crippen molar-refractivity contribution in [3.63, 3.8) is 0 Å². The van der Waals surface area contributed by atoms with E-state index in [2.05, 4.69) is 49.1 Å². The molecule has 0 N–H and O–H groups in total. The van der Waals surface area contributed by atoms with Crippen LogP contribution in [-0.4, -0.2) is 0 Å². The fraction of sp³-hybridized carbons (Fsp3) is 0.0667. The Hall–Kier alpha value is -1.82. The van der Waals surface area contributed by atoms with Crippen LogP contribution >= 0.6 is 0 Å². The summed E-state index contributed by atoms with van der Waals surface area (Å²) in [7, 11) is 0. The summed E-state index contributed by atoms with van der Waals surface area (Å²) >= 11 is 0. The van der Waals surface area contributed by atoms with Crippen molar-refractivity contribution in [3.05, 3.63) is 78.4 Å². The van der Waals surface area contributed by atoms with E-state index in [1.165, 1.54) is 5.56 Å². The van der Waals surface area contributed by atoms with Crippen molar-refractivity contribution in [2.75, 3.05) is 0 Å². The molecule has 0 saturated heterocycles. The third-order valence-corrected chi connectivity index (χ3v) is 2.46. The van der Waals surface area contributed by atoms with Crippen molar-refractivity contribution < 1.29 is 0 Å². The van der Waals surface area contributed by atoms with Crippen molar-refractivity contribution in [1.82, 2.24) is 0 Å². The second-order valence-electron chi connectivity index (χ2n) is 3.61. The van der Waals surface area contributed by atoms with E-state index in [4.69, 9.17) is 0 Å². The van der Waals surface area contributed by atoms with Gasteiger partial charge in [0.2, 0.25) is 0 Å². The Morgan fingerprint density at radius 1 is 1.07 bits per heavy atom. The number of rotatable bonds is 2. The minimum Gasteiger partial charge on any atom is -0.0949 e. The maximum atomic E-state index is 4.02. The molecule has 1 atom stereocenters. The number of hydrogen-bond acceptors (Lipinski definition) is 0.